The van der Waals surface area contributed by atoms with Crippen LogP contribution < -0.4 is 0 Å². The number of hydrogen-bond donors (Lipinski definition) is 0. The normalized spacial score (nSPS) is 9.62. The zero-order valence-electron chi connectivity index (χ0n) is 12.6. The second-order valence-corrected chi connectivity index (χ2v) is 4.76. The van der Waals surface area contributed by atoms with Gasteiger partial charge >= 0.3 is 0 Å². The molecule has 0 fully saturated rings. The molecule has 0 aromatic rings. The fourth-order valence-electron chi connectivity index (χ4n) is 0.619. The van der Waals surface area contributed by atoms with E-state index in [2.05, 4.69) is 13.8 Å². The van der Waals surface area contributed by atoms with E-state index in [0.29, 0.717) is 5.92 Å². The lowest BCUT2D eigenvalue weighted by atomic mass is 10.2. The van der Waals surface area contributed by atoms with Crippen molar-refractivity contribution in [2.24, 2.45) is 5.92 Å². The van der Waals surface area contributed by atoms with E-state index in [1.165, 1.54) is 0 Å². The summed E-state index contributed by atoms with van der Waals surface area (Å²) in [5.74, 6) is 0.574. The van der Waals surface area contributed by atoms with Crippen LogP contribution in [0, 0.1) is 5.92 Å². The van der Waals surface area contributed by atoms with Crippen molar-refractivity contribution >= 4 is 6.41 Å². The molecule has 0 saturated heterocycles. The van der Waals surface area contributed by atoms with Crippen molar-refractivity contribution in [3.8, 4) is 0 Å². The molecule has 0 aromatic carbocycles. The summed E-state index contributed by atoms with van der Waals surface area (Å²) in [4.78, 5) is 11.6. The van der Waals surface area contributed by atoms with Gasteiger partial charge in [-0.25, -0.2) is 0 Å². The van der Waals surface area contributed by atoms with Gasteiger partial charge in [0.2, 0.25) is 6.41 Å². The van der Waals surface area contributed by atoms with E-state index in [0.717, 1.165) is 13.0 Å². The Morgan fingerprint density at radius 3 is 1.62 bits per heavy atom. The molecule has 100 valence electrons. The first kappa shape index (κ1) is 20.8. The molecule has 0 heterocycles. The van der Waals surface area contributed by atoms with E-state index >= 15 is 0 Å². The summed E-state index contributed by atoms with van der Waals surface area (Å²) in [6, 6.07) is 0. The lowest BCUT2D eigenvalue weighted by molar-refractivity contribution is -0.117. The number of carbonyl (C=O) groups is 1. The van der Waals surface area contributed by atoms with Crippen LogP contribution in [-0.2, 0) is 9.53 Å². The number of ether oxygens (including phenoxy) is 1. The van der Waals surface area contributed by atoms with E-state index in [9.17, 15) is 4.79 Å². The van der Waals surface area contributed by atoms with Gasteiger partial charge in [-0.2, -0.15) is 0 Å². The van der Waals surface area contributed by atoms with Crippen LogP contribution in [0.15, 0.2) is 0 Å². The number of rotatable bonds is 3. The highest BCUT2D eigenvalue weighted by Gasteiger charge is 2.04. The Morgan fingerprint density at radius 1 is 1.25 bits per heavy atom. The second kappa shape index (κ2) is 12.5. The molecule has 0 N–H and O–H groups in total. The largest absolute Gasteiger partial charge is 0.379 e. The molecule has 0 unspecified atom stereocenters. The molecule has 0 saturated carbocycles. The van der Waals surface area contributed by atoms with Crippen LogP contribution in [0.5, 0.6) is 0 Å². The minimum Gasteiger partial charge on any atom is -0.379 e. The van der Waals surface area contributed by atoms with Crippen LogP contribution in [0.3, 0.4) is 0 Å². The molecule has 0 aliphatic heterocycles. The summed E-state index contributed by atoms with van der Waals surface area (Å²) in [5.41, 5.74) is 0.0417. The fraction of sp³-hybridized carbons (Fsp3) is 0.923. The third kappa shape index (κ3) is 29.2. The highest BCUT2D eigenvalue weighted by molar-refractivity contribution is 5.46. The van der Waals surface area contributed by atoms with Gasteiger partial charge in [0.1, 0.15) is 0 Å². The molecule has 1 amide bonds. The fourth-order valence-corrected chi connectivity index (χ4v) is 0.619. The summed E-state index contributed by atoms with van der Waals surface area (Å²) in [6.07, 6.45) is 0.847. The number of methoxy groups -OCH3 is 1. The van der Waals surface area contributed by atoms with Crippen molar-refractivity contribution in [1.82, 2.24) is 4.90 Å². The lowest BCUT2D eigenvalue weighted by Gasteiger charge is -2.14. The zero-order chi connectivity index (χ0) is 13.8. The highest BCUT2D eigenvalue weighted by atomic mass is 16.5. The van der Waals surface area contributed by atoms with Crippen LogP contribution in [-0.4, -0.2) is 37.6 Å². The number of nitrogens with zero attached hydrogens (tertiary/aromatic N) is 1. The van der Waals surface area contributed by atoms with E-state index in [4.69, 9.17) is 4.74 Å². The molecule has 3 nitrogen and oxygen atoms in total. The molecule has 16 heavy (non-hydrogen) atoms. The van der Waals surface area contributed by atoms with Gasteiger partial charge in [0.05, 0.1) is 5.60 Å². The molecule has 3 heteroatoms. The standard InChI is InChI=1S/C6H13NO.C5H12O.C2H6/c1-6(2)4-7(3)5-8;1-5(2,3)6-4;1-2/h5-6H,4H2,1-3H3;1-4H3;1-2H3. The average molecular weight is 233 g/mol. The van der Waals surface area contributed by atoms with Crippen molar-refractivity contribution in [1.29, 1.82) is 0 Å². The van der Waals surface area contributed by atoms with Crippen molar-refractivity contribution in [3.63, 3.8) is 0 Å². The van der Waals surface area contributed by atoms with Crippen LogP contribution in [0.25, 0.3) is 0 Å². The summed E-state index contributed by atoms with van der Waals surface area (Å²) in [7, 11) is 3.49. The maximum absolute atomic E-state index is 9.97. The van der Waals surface area contributed by atoms with Gasteiger partial charge in [0.25, 0.3) is 0 Å². The topological polar surface area (TPSA) is 29.5 Å². The Labute approximate surface area is 102 Å². The SMILES string of the molecule is CC.CC(C)CN(C)C=O.COC(C)(C)C. The zero-order valence-corrected chi connectivity index (χ0v) is 12.6. The first-order chi connectivity index (χ1) is 7.22. The molecular weight excluding hydrogens is 202 g/mol. The maximum Gasteiger partial charge on any atom is 0.209 e. The van der Waals surface area contributed by atoms with Crippen LogP contribution in [0.4, 0.5) is 0 Å². The Morgan fingerprint density at radius 2 is 1.56 bits per heavy atom. The number of carbonyl (C=O) groups excluding carboxylic acids is 1. The predicted molar refractivity (Wildman–Crippen MR) is 71.6 cm³/mol. The Kier molecular flexibility index (Phi) is 16.2. The summed E-state index contributed by atoms with van der Waals surface area (Å²) in [5, 5.41) is 0. The molecule has 0 radical (unpaired) electrons. The van der Waals surface area contributed by atoms with Crippen molar-refractivity contribution in [2.75, 3.05) is 20.7 Å². The molecule has 0 spiro atoms. The molecule has 0 aliphatic rings. The number of hydrogen-bond acceptors (Lipinski definition) is 2. The summed E-state index contributed by atoms with van der Waals surface area (Å²) in [6.45, 7) is 15.1. The molecule has 0 aliphatic carbocycles. The van der Waals surface area contributed by atoms with Crippen LogP contribution in [0.1, 0.15) is 48.5 Å². The van der Waals surface area contributed by atoms with E-state index < -0.39 is 0 Å². The van der Waals surface area contributed by atoms with Crippen molar-refractivity contribution in [3.05, 3.63) is 0 Å². The number of amides is 1. The highest BCUT2D eigenvalue weighted by Crippen LogP contribution is 2.02. The summed E-state index contributed by atoms with van der Waals surface area (Å²) >= 11 is 0. The van der Waals surface area contributed by atoms with Crippen molar-refractivity contribution < 1.29 is 9.53 Å². The smallest absolute Gasteiger partial charge is 0.209 e. The quantitative estimate of drug-likeness (QED) is 0.701. The Hall–Kier alpha value is -0.570. The second-order valence-electron chi connectivity index (χ2n) is 4.76. The lowest BCUT2D eigenvalue weighted by Crippen LogP contribution is -2.20. The van der Waals surface area contributed by atoms with Gasteiger partial charge in [0.15, 0.2) is 0 Å². The Bertz CT molecular complexity index is 139. The van der Waals surface area contributed by atoms with E-state index in [-0.39, 0.29) is 5.60 Å². The minimum absolute atomic E-state index is 0.0417. The third-order valence-corrected chi connectivity index (χ3v) is 1.45. The maximum atomic E-state index is 9.97. The van der Waals surface area contributed by atoms with Gasteiger partial charge in [-0.3, -0.25) is 4.79 Å². The molecule has 0 aromatic heterocycles. The van der Waals surface area contributed by atoms with Crippen molar-refractivity contribution in [2.45, 2.75) is 54.1 Å². The van der Waals surface area contributed by atoms with Crippen LogP contribution in [0.2, 0.25) is 0 Å². The van der Waals surface area contributed by atoms with E-state index in [1.54, 1.807) is 19.1 Å². The average Bonchev–Trinajstić information content (AvgIpc) is 2.19. The van der Waals surface area contributed by atoms with Gasteiger partial charge in [-0.05, 0) is 26.7 Å². The first-order valence-electron chi connectivity index (χ1n) is 5.93. The predicted octanol–water partition coefficient (Wildman–Crippen LogP) is 3.19. The molecular formula is C13H31NO2. The van der Waals surface area contributed by atoms with E-state index in [1.807, 2.05) is 34.6 Å². The van der Waals surface area contributed by atoms with Gasteiger partial charge in [0, 0.05) is 20.7 Å². The van der Waals surface area contributed by atoms with Gasteiger partial charge < -0.3 is 9.64 Å². The minimum atomic E-state index is 0.0417. The van der Waals surface area contributed by atoms with Crippen LogP contribution >= 0.6 is 0 Å². The van der Waals surface area contributed by atoms with Gasteiger partial charge in [-0.15, -0.1) is 0 Å². The Balaban J connectivity index is -0.000000188. The molecule has 0 rings (SSSR count). The van der Waals surface area contributed by atoms with Gasteiger partial charge in [-0.1, -0.05) is 27.7 Å². The molecule has 0 bridgehead atoms. The molecule has 0 atom stereocenters. The monoisotopic (exact) mass is 233 g/mol. The first-order valence-corrected chi connectivity index (χ1v) is 5.93. The summed E-state index contributed by atoms with van der Waals surface area (Å²) < 4.78 is 4.94. The third-order valence-electron chi connectivity index (χ3n) is 1.45.